The Kier molecular flexibility index (Phi) is 4.33. The third kappa shape index (κ3) is 3.54. The van der Waals surface area contributed by atoms with Gasteiger partial charge in [-0.25, -0.2) is 4.79 Å². The first-order valence-corrected chi connectivity index (χ1v) is 8.45. The number of carbonyl (C=O) groups excluding carboxylic acids is 1. The van der Waals surface area contributed by atoms with Crippen LogP contribution in [-0.2, 0) is 17.8 Å². The molecular formula is C19H25N3O3. The molecule has 1 atom stereocenters. The smallest absolute Gasteiger partial charge is 0.408 e. The second-order valence-electron chi connectivity index (χ2n) is 7.79. The van der Waals surface area contributed by atoms with Gasteiger partial charge in [0.05, 0.1) is 18.1 Å². The van der Waals surface area contributed by atoms with Crippen LogP contribution in [0.5, 0.6) is 0 Å². The summed E-state index contributed by atoms with van der Waals surface area (Å²) in [6.45, 7) is 6.70. The summed E-state index contributed by atoms with van der Waals surface area (Å²) >= 11 is 0. The van der Waals surface area contributed by atoms with E-state index in [0.29, 0.717) is 6.54 Å². The number of ether oxygens (including phenoxy) is 1. The van der Waals surface area contributed by atoms with E-state index in [4.69, 9.17) is 4.74 Å². The topological polar surface area (TPSA) is 63.6 Å². The molecule has 0 bridgehead atoms. The molecular weight excluding hydrogens is 318 g/mol. The number of nitrogens with zero attached hydrogens (tertiary/aromatic N) is 2. The average molecular weight is 343 g/mol. The van der Waals surface area contributed by atoms with Gasteiger partial charge in [-0.3, -0.25) is 4.79 Å². The first-order chi connectivity index (χ1) is 11.7. The van der Waals surface area contributed by atoms with Crippen molar-refractivity contribution in [3.63, 3.8) is 0 Å². The maximum absolute atomic E-state index is 12.3. The highest BCUT2D eigenvalue weighted by molar-refractivity contribution is 5.88. The van der Waals surface area contributed by atoms with Gasteiger partial charge in [0.25, 0.3) is 5.56 Å². The lowest BCUT2D eigenvalue weighted by Gasteiger charge is -2.22. The van der Waals surface area contributed by atoms with Crippen molar-refractivity contribution in [2.45, 2.75) is 45.5 Å². The molecule has 0 spiro atoms. The fourth-order valence-corrected chi connectivity index (χ4v) is 3.30. The summed E-state index contributed by atoms with van der Waals surface area (Å²) in [5.74, 6) is 0. The zero-order valence-electron chi connectivity index (χ0n) is 15.4. The number of hydrogen-bond acceptors (Lipinski definition) is 4. The van der Waals surface area contributed by atoms with Crippen LogP contribution in [0.15, 0.2) is 29.1 Å². The number of hydrogen-bond donors (Lipinski definition) is 1. The predicted molar refractivity (Wildman–Crippen MR) is 97.7 cm³/mol. The minimum absolute atomic E-state index is 0.0516. The van der Waals surface area contributed by atoms with E-state index in [1.165, 1.54) is 0 Å². The summed E-state index contributed by atoms with van der Waals surface area (Å²) in [6.07, 6.45) is -0.469. The molecule has 3 rings (SSSR count). The van der Waals surface area contributed by atoms with E-state index in [-0.39, 0.29) is 11.6 Å². The molecule has 1 aromatic carbocycles. The van der Waals surface area contributed by atoms with Crippen LogP contribution in [0.2, 0.25) is 0 Å². The Hall–Kier alpha value is -2.34. The largest absolute Gasteiger partial charge is 0.444 e. The molecule has 0 aliphatic carbocycles. The fraction of sp³-hybridized carbons (Fsp3) is 0.474. The molecule has 1 aliphatic heterocycles. The Bertz CT molecular complexity index is 878. The van der Waals surface area contributed by atoms with Gasteiger partial charge in [0.2, 0.25) is 0 Å². The summed E-state index contributed by atoms with van der Waals surface area (Å²) < 4.78 is 7.10. The van der Waals surface area contributed by atoms with Crippen molar-refractivity contribution in [3.8, 4) is 0 Å². The molecule has 1 aliphatic rings. The van der Waals surface area contributed by atoms with Gasteiger partial charge < -0.3 is 19.5 Å². The molecule has 2 heterocycles. The van der Waals surface area contributed by atoms with E-state index in [9.17, 15) is 9.59 Å². The predicted octanol–water partition coefficient (Wildman–Crippen LogP) is 2.64. The molecule has 0 unspecified atom stereocenters. The van der Waals surface area contributed by atoms with E-state index in [0.717, 1.165) is 28.6 Å². The van der Waals surface area contributed by atoms with Crippen LogP contribution in [0.4, 0.5) is 4.79 Å². The molecule has 6 nitrogen and oxygen atoms in total. The maximum atomic E-state index is 12.3. The number of carbonyl (C=O) groups is 1. The van der Waals surface area contributed by atoms with Crippen molar-refractivity contribution in [2.24, 2.45) is 0 Å². The molecule has 1 N–H and O–H groups in total. The number of nitrogens with one attached hydrogen (secondary N) is 1. The lowest BCUT2D eigenvalue weighted by molar-refractivity contribution is 0.0501. The number of rotatable bonds is 3. The van der Waals surface area contributed by atoms with E-state index in [1.807, 2.05) is 47.0 Å². The molecule has 2 aromatic rings. The molecule has 0 radical (unpaired) electrons. The third-order valence-electron chi connectivity index (χ3n) is 4.19. The molecule has 0 saturated heterocycles. The molecule has 134 valence electrons. The first kappa shape index (κ1) is 17.5. The number of amides is 1. The van der Waals surface area contributed by atoms with E-state index >= 15 is 0 Å². The van der Waals surface area contributed by atoms with Gasteiger partial charge in [-0.2, -0.15) is 0 Å². The fourth-order valence-electron chi connectivity index (χ4n) is 3.30. The van der Waals surface area contributed by atoms with Gasteiger partial charge in [-0.1, -0.05) is 12.1 Å². The highest BCUT2D eigenvalue weighted by atomic mass is 16.6. The van der Waals surface area contributed by atoms with E-state index < -0.39 is 11.7 Å². The van der Waals surface area contributed by atoms with Crippen molar-refractivity contribution in [1.29, 1.82) is 0 Å². The summed E-state index contributed by atoms with van der Waals surface area (Å²) in [5.41, 5.74) is 2.42. The van der Waals surface area contributed by atoms with Gasteiger partial charge in [0, 0.05) is 23.6 Å². The van der Waals surface area contributed by atoms with E-state index in [2.05, 4.69) is 16.3 Å². The quantitative estimate of drug-likeness (QED) is 0.931. The number of benzene rings is 1. The van der Waals surface area contributed by atoms with Crippen LogP contribution in [-0.4, -0.2) is 35.3 Å². The molecule has 1 aromatic heterocycles. The highest BCUT2D eigenvalue weighted by Crippen LogP contribution is 2.33. The van der Waals surface area contributed by atoms with Crippen LogP contribution in [0.3, 0.4) is 0 Å². The van der Waals surface area contributed by atoms with Crippen molar-refractivity contribution in [1.82, 2.24) is 14.8 Å². The SMILES string of the molecule is CN(C)Cc1ccc2c3c1ccc(=O)n3C[C@@H]2NC(=O)OC(C)(C)C. The second-order valence-corrected chi connectivity index (χ2v) is 7.79. The third-order valence-corrected chi connectivity index (χ3v) is 4.19. The van der Waals surface area contributed by atoms with Crippen molar-refractivity contribution < 1.29 is 9.53 Å². The van der Waals surface area contributed by atoms with Crippen molar-refractivity contribution in [3.05, 3.63) is 45.7 Å². The lowest BCUT2D eigenvalue weighted by Crippen LogP contribution is -2.35. The molecule has 0 fully saturated rings. The van der Waals surface area contributed by atoms with Crippen molar-refractivity contribution in [2.75, 3.05) is 14.1 Å². The number of pyridine rings is 1. The average Bonchev–Trinajstić information content (AvgIpc) is 2.82. The highest BCUT2D eigenvalue weighted by Gasteiger charge is 2.29. The monoisotopic (exact) mass is 343 g/mol. The van der Waals surface area contributed by atoms with Crippen LogP contribution in [0.1, 0.15) is 37.9 Å². The summed E-state index contributed by atoms with van der Waals surface area (Å²) in [6, 6.07) is 7.29. The minimum atomic E-state index is -0.558. The molecule has 1 amide bonds. The van der Waals surface area contributed by atoms with Crippen molar-refractivity contribution >= 4 is 17.0 Å². The zero-order chi connectivity index (χ0) is 18.4. The Morgan fingerprint density at radius 3 is 2.64 bits per heavy atom. The Morgan fingerprint density at radius 1 is 1.28 bits per heavy atom. The Labute approximate surface area is 147 Å². The molecule has 25 heavy (non-hydrogen) atoms. The molecule has 0 saturated carbocycles. The van der Waals surface area contributed by atoms with E-state index in [1.54, 1.807) is 10.6 Å². The van der Waals surface area contributed by atoms with Crippen LogP contribution < -0.4 is 10.9 Å². The van der Waals surface area contributed by atoms with Gasteiger partial charge in [0.1, 0.15) is 5.60 Å². The number of alkyl carbamates (subject to hydrolysis) is 1. The van der Waals surface area contributed by atoms with Crippen LogP contribution in [0, 0.1) is 0 Å². The second kappa shape index (κ2) is 6.19. The summed E-state index contributed by atoms with van der Waals surface area (Å²) in [4.78, 5) is 26.6. The van der Waals surface area contributed by atoms with Crippen LogP contribution >= 0.6 is 0 Å². The normalized spacial score (nSPS) is 16.5. The Morgan fingerprint density at radius 2 is 2.00 bits per heavy atom. The van der Waals surface area contributed by atoms with Crippen LogP contribution in [0.25, 0.3) is 10.9 Å². The van der Waals surface area contributed by atoms with Gasteiger partial charge in [-0.05, 0) is 46.5 Å². The Balaban J connectivity index is 1.99. The zero-order valence-corrected chi connectivity index (χ0v) is 15.4. The maximum Gasteiger partial charge on any atom is 0.408 e. The van der Waals surface area contributed by atoms with Gasteiger partial charge >= 0.3 is 6.09 Å². The first-order valence-electron chi connectivity index (χ1n) is 8.45. The summed E-state index contributed by atoms with van der Waals surface area (Å²) in [5, 5.41) is 3.95. The minimum Gasteiger partial charge on any atom is -0.444 e. The van der Waals surface area contributed by atoms with Gasteiger partial charge in [0.15, 0.2) is 0 Å². The molecule has 6 heteroatoms. The number of aromatic nitrogens is 1. The summed E-state index contributed by atoms with van der Waals surface area (Å²) in [7, 11) is 4.03. The lowest BCUT2D eigenvalue weighted by atomic mass is 10.0. The standard InChI is InChI=1S/C19H25N3O3/c1-19(2,3)25-18(24)20-15-11-22-16(23)9-8-13-12(10-21(4)5)6-7-14(15)17(13)22/h6-9,15H,10-11H2,1-5H3,(H,20,24)/t15-/m0/s1. The van der Waals surface area contributed by atoms with Gasteiger partial charge in [-0.15, -0.1) is 0 Å².